The molecule has 0 aromatic heterocycles. The van der Waals surface area contributed by atoms with Gasteiger partial charge < -0.3 is 0 Å². The lowest BCUT2D eigenvalue weighted by Crippen LogP contribution is -2.32. The molecule has 1 fully saturated rings. The van der Waals surface area contributed by atoms with Gasteiger partial charge in [-0.2, -0.15) is 0 Å². The van der Waals surface area contributed by atoms with Crippen LogP contribution >= 0.6 is 0 Å². The van der Waals surface area contributed by atoms with Crippen molar-refractivity contribution in [2.75, 3.05) is 13.6 Å². The van der Waals surface area contributed by atoms with Gasteiger partial charge in [0, 0.05) is 12.6 Å². The van der Waals surface area contributed by atoms with E-state index in [4.69, 9.17) is 0 Å². The van der Waals surface area contributed by atoms with Gasteiger partial charge in [0.2, 0.25) is 0 Å². The van der Waals surface area contributed by atoms with Crippen molar-refractivity contribution < 1.29 is 0 Å². The zero-order valence-electron chi connectivity index (χ0n) is 9.37. The fourth-order valence-electron chi connectivity index (χ4n) is 2.16. The molecule has 0 aliphatic heterocycles. The van der Waals surface area contributed by atoms with Crippen molar-refractivity contribution in [3.8, 4) is 0 Å². The zero-order valence-corrected chi connectivity index (χ0v) is 9.37. The van der Waals surface area contributed by atoms with Gasteiger partial charge in [-0.15, -0.1) is 0 Å². The molecule has 1 saturated carbocycles. The Morgan fingerprint density at radius 2 is 2.21 bits per heavy atom. The van der Waals surface area contributed by atoms with E-state index in [0.717, 1.165) is 18.5 Å². The van der Waals surface area contributed by atoms with Gasteiger partial charge in [-0.1, -0.05) is 18.2 Å². The molecule has 1 atom stereocenters. The van der Waals surface area contributed by atoms with Crippen molar-refractivity contribution in [3.05, 3.63) is 23.8 Å². The first-order valence-corrected chi connectivity index (χ1v) is 5.83. The molecule has 2 rings (SSSR count). The van der Waals surface area contributed by atoms with Crippen LogP contribution in [0.4, 0.5) is 0 Å². The van der Waals surface area contributed by atoms with E-state index < -0.39 is 0 Å². The summed E-state index contributed by atoms with van der Waals surface area (Å²) in [5, 5.41) is 0. The Labute approximate surface area is 87.5 Å². The predicted octanol–water partition coefficient (Wildman–Crippen LogP) is 2.99. The summed E-state index contributed by atoms with van der Waals surface area (Å²) >= 11 is 0. The highest BCUT2D eigenvalue weighted by Gasteiger charge is 2.30. The van der Waals surface area contributed by atoms with Crippen LogP contribution in [0.2, 0.25) is 0 Å². The fraction of sp³-hybridized carbons (Fsp3) is 0.692. The molecule has 0 aromatic carbocycles. The van der Waals surface area contributed by atoms with Gasteiger partial charge in [0.15, 0.2) is 0 Å². The lowest BCUT2D eigenvalue weighted by molar-refractivity contribution is 0.254. The molecule has 0 radical (unpaired) electrons. The molecule has 0 saturated heterocycles. The van der Waals surface area contributed by atoms with E-state index in [-0.39, 0.29) is 0 Å². The molecule has 0 spiro atoms. The van der Waals surface area contributed by atoms with Gasteiger partial charge in [0.1, 0.15) is 0 Å². The Morgan fingerprint density at radius 1 is 1.43 bits per heavy atom. The van der Waals surface area contributed by atoms with Crippen molar-refractivity contribution in [1.82, 2.24) is 4.90 Å². The first-order chi connectivity index (χ1) is 6.77. The molecule has 1 nitrogen and oxygen atoms in total. The minimum atomic E-state index is 0.770. The lowest BCUT2D eigenvalue weighted by Gasteiger charge is -2.25. The molecular formula is C13H21N. The highest BCUT2D eigenvalue weighted by atomic mass is 15.1. The fourth-order valence-corrected chi connectivity index (χ4v) is 2.16. The molecule has 2 aliphatic carbocycles. The standard InChI is InChI=1S/C13H21N/c1-11(13-8-9-13)14(2)10-12-6-4-3-5-7-12/h4,6-7,11,13H,3,5,8-10H2,1-2H3. The Kier molecular flexibility index (Phi) is 3.07. The molecule has 14 heavy (non-hydrogen) atoms. The first-order valence-electron chi connectivity index (χ1n) is 5.83. The van der Waals surface area contributed by atoms with Crippen molar-refractivity contribution in [1.29, 1.82) is 0 Å². The van der Waals surface area contributed by atoms with Gasteiger partial charge in [-0.3, -0.25) is 4.90 Å². The zero-order chi connectivity index (χ0) is 9.97. The topological polar surface area (TPSA) is 3.24 Å². The van der Waals surface area contributed by atoms with Crippen LogP contribution in [0.1, 0.15) is 32.6 Å². The van der Waals surface area contributed by atoms with Crippen LogP contribution in [0.25, 0.3) is 0 Å². The summed E-state index contributed by atoms with van der Waals surface area (Å²) in [6.45, 7) is 3.50. The number of rotatable bonds is 4. The van der Waals surface area contributed by atoms with Crippen molar-refractivity contribution >= 4 is 0 Å². The molecule has 0 N–H and O–H groups in total. The molecule has 78 valence electrons. The Morgan fingerprint density at radius 3 is 2.79 bits per heavy atom. The second-order valence-electron chi connectivity index (χ2n) is 4.75. The number of hydrogen-bond acceptors (Lipinski definition) is 1. The van der Waals surface area contributed by atoms with Gasteiger partial charge in [0.05, 0.1) is 0 Å². The third-order valence-corrected chi connectivity index (χ3v) is 3.50. The maximum atomic E-state index is 2.50. The molecular weight excluding hydrogens is 170 g/mol. The van der Waals surface area contributed by atoms with Crippen molar-refractivity contribution in [2.24, 2.45) is 5.92 Å². The quantitative estimate of drug-likeness (QED) is 0.660. The van der Waals surface area contributed by atoms with E-state index in [1.165, 1.54) is 31.3 Å². The summed E-state index contributed by atoms with van der Waals surface area (Å²) in [5.41, 5.74) is 1.51. The molecule has 0 aromatic rings. The number of likely N-dealkylation sites (N-methyl/N-ethyl adjacent to an activating group) is 1. The smallest absolute Gasteiger partial charge is 0.0230 e. The average Bonchev–Trinajstić information content (AvgIpc) is 3.01. The summed E-state index contributed by atoms with van der Waals surface area (Å²) in [4.78, 5) is 2.50. The molecule has 1 heteroatoms. The summed E-state index contributed by atoms with van der Waals surface area (Å²) in [7, 11) is 2.26. The predicted molar refractivity (Wildman–Crippen MR) is 61.3 cm³/mol. The van der Waals surface area contributed by atoms with E-state index in [2.05, 4.69) is 37.1 Å². The third-order valence-electron chi connectivity index (χ3n) is 3.50. The second-order valence-corrected chi connectivity index (χ2v) is 4.75. The van der Waals surface area contributed by atoms with Crippen molar-refractivity contribution in [2.45, 2.75) is 38.6 Å². The monoisotopic (exact) mass is 191 g/mol. The summed E-state index contributed by atoms with van der Waals surface area (Å²) < 4.78 is 0. The minimum Gasteiger partial charge on any atom is -0.299 e. The first kappa shape index (κ1) is 9.97. The van der Waals surface area contributed by atoms with Gasteiger partial charge >= 0.3 is 0 Å². The van der Waals surface area contributed by atoms with E-state index >= 15 is 0 Å². The number of allylic oxidation sites excluding steroid dienone is 2. The van der Waals surface area contributed by atoms with Crippen LogP contribution in [-0.2, 0) is 0 Å². The maximum absolute atomic E-state index is 2.50. The largest absolute Gasteiger partial charge is 0.299 e. The highest BCUT2D eigenvalue weighted by molar-refractivity contribution is 5.23. The average molecular weight is 191 g/mol. The lowest BCUT2D eigenvalue weighted by atomic mass is 10.1. The normalized spacial score (nSPS) is 23.8. The van der Waals surface area contributed by atoms with Crippen LogP contribution in [0.15, 0.2) is 23.8 Å². The van der Waals surface area contributed by atoms with E-state index in [1.54, 1.807) is 0 Å². The Hall–Kier alpha value is -0.560. The van der Waals surface area contributed by atoms with E-state index in [0.29, 0.717) is 0 Å². The minimum absolute atomic E-state index is 0.770. The summed E-state index contributed by atoms with van der Waals surface area (Å²) in [6, 6.07) is 0.770. The second kappa shape index (κ2) is 4.31. The van der Waals surface area contributed by atoms with E-state index in [9.17, 15) is 0 Å². The third kappa shape index (κ3) is 2.48. The molecule has 0 bridgehead atoms. The molecule has 2 aliphatic rings. The van der Waals surface area contributed by atoms with Crippen LogP contribution in [-0.4, -0.2) is 24.5 Å². The molecule has 1 unspecified atom stereocenters. The Bertz CT molecular complexity index is 248. The van der Waals surface area contributed by atoms with Crippen molar-refractivity contribution in [3.63, 3.8) is 0 Å². The van der Waals surface area contributed by atoms with Crippen LogP contribution in [0, 0.1) is 5.92 Å². The summed E-state index contributed by atoms with van der Waals surface area (Å²) in [6.07, 6.45) is 12.3. The van der Waals surface area contributed by atoms with Gasteiger partial charge in [0.25, 0.3) is 0 Å². The number of hydrogen-bond donors (Lipinski definition) is 0. The summed E-state index contributed by atoms with van der Waals surface area (Å²) in [5.74, 6) is 0.980. The number of nitrogens with zero attached hydrogens (tertiary/aromatic N) is 1. The molecule has 0 amide bonds. The van der Waals surface area contributed by atoms with Gasteiger partial charge in [-0.25, -0.2) is 0 Å². The van der Waals surface area contributed by atoms with Crippen LogP contribution in [0.3, 0.4) is 0 Å². The highest BCUT2D eigenvalue weighted by Crippen LogP contribution is 2.34. The molecule has 0 heterocycles. The van der Waals surface area contributed by atoms with Gasteiger partial charge in [-0.05, 0) is 51.1 Å². The maximum Gasteiger partial charge on any atom is 0.0230 e. The van der Waals surface area contributed by atoms with Crippen LogP contribution < -0.4 is 0 Å². The Balaban J connectivity index is 1.83. The van der Waals surface area contributed by atoms with E-state index in [1.807, 2.05) is 0 Å². The van der Waals surface area contributed by atoms with Crippen LogP contribution in [0.5, 0.6) is 0 Å². The SMILES string of the molecule is CC(C1CC1)N(C)CC1=CCCC=C1.